The number of nitrogens with zero attached hydrogens (tertiary/aromatic N) is 3. The van der Waals surface area contributed by atoms with Gasteiger partial charge < -0.3 is 25.2 Å². The number of hydrogen-bond donors (Lipinski definition) is 2. The van der Waals surface area contributed by atoms with Crippen molar-refractivity contribution in [3.8, 4) is 6.07 Å². The molecule has 5 rings (SSSR count). The summed E-state index contributed by atoms with van der Waals surface area (Å²) in [4.78, 5) is 29.4. The molecule has 2 aromatic carbocycles. The van der Waals surface area contributed by atoms with Crippen LogP contribution in [-0.4, -0.2) is 66.8 Å². The van der Waals surface area contributed by atoms with Crippen LogP contribution in [-0.2, 0) is 10.2 Å². The van der Waals surface area contributed by atoms with Gasteiger partial charge in [0.25, 0.3) is 0 Å². The Balaban J connectivity index is 1.22. The van der Waals surface area contributed by atoms with Gasteiger partial charge in [0, 0.05) is 43.5 Å². The molecule has 1 heterocycles. The van der Waals surface area contributed by atoms with Crippen LogP contribution in [0.1, 0.15) is 56.6 Å². The predicted molar refractivity (Wildman–Crippen MR) is 150 cm³/mol. The molecule has 1 aliphatic heterocycles. The van der Waals surface area contributed by atoms with Crippen molar-refractivity contribution in [2.24, 2.45) is 5.92 Å². The number of nitriles is 1. The van der Waals surface area contributed by atoms with Gasteiger partial charge in [0.15, 0.2) is 11.6 Å². The van der Waals surface area contributed by atoms with Crippen molar-refractivity contribution in [2.75, 3.05) is 38.1 Å². The van der Waals surface area contributed by atoms with E-state index in [1.165, 1.54) is 11.6 Å². The molecule has 4 atom stereocenters. The Bertz CT molecular complexity index is 1320. The monoisotopic (exact) mass is 565 g/mol. The SMILES string of the molecule is CCOC(=O)NC1CCN(CCCN(C(=O)Nc2ccc(F)c(F)c2)C2CC[C@@]3(c4cccc(C#N)c4)CC3C2)C1. The van der Waals surface area contributed by atoms with Crippen molar-refractivity contribution in [1.82, 2.24) is 15.1 Å². The van der Waals surface area contributed by atoms with E-state index < -0.39 is 17.7 Å². The van der Waals surface area contributed by atoms with Gasteiger partial charge in [-0.2, -0.15) is 5.26 Å². The van der Waals surface area contributed by atoms with Crippen molar-refractivity contribution < 1.29 is 23.1 Å². The smallest absolute Gasteiger partial charge is 0.407 e. The molecule has 0 radical (unpaired) electrons. The van der Waals surface area contributed by atoms with Gasteiger partial charge in [0.2, 0.25) is 0 Å². The zero-order valence-electron chi connectivity index (χ0n) is 23.4. The quantitative estimate of drug-likeness (QED) is 0.425. The second kappa shape index (κ2) is 12.4. The average molecular weight is 566 g/mol. The zero-order chi connectivity index (χ0) is 29.0. The molecule has 0 spiro atoms. The highest BCUT2D eigenvalue weighted by Crippen LogP contribution is 2.62. The van der Waals surface area contributed by atoms with Gasteiger partial charge in [-0.05, 0) is 93.2 Å². The number of nitrogens with one attached hydrogen (secondary N) is 2. The lowest BCUT2D eigenvalue weighted by Crippen LogP contribution is -2.46. The summed E-state index contributed by atoms with van der Waals surface area (Å²) in [7, 11) is 0. The molecule has 0 bridgehead atoms. The molecule has 2 aromatic rings. The number of fused-ring (bicyclic) bond motifs is 1. The van der Waals surface area contributed by atoms with Crippen LogP contribution in [0.15, 0.2) is 42.5 Å². The van der Waals surface area contributed by atoms with Crippen LogP contribution >= 0.6 is 0 Å². The Morgan fingerprint density at radius 1 is 1.20 bits per heavy atom. The van der Waals surface area contributed by atoms with E-state index in [0.29, 0.717) is 24.6 Å². The van der Waals surface area contributed by atoms with Gasteiger partial charge in [-0.3, -0.25) is 0 Å². The highest BCUT2D eigenvalue weighted by Gasteiger charge is 2.58. The number of halogens is 2. The maximum atomic E-state index is 13.8. The summed E-state index contributed by atoms with van der Waals surface area (Å²) in [5, 5.41) is 15.0. The fraction of sp³-hybridized carbons (Fsp3) is 0.516. The number of carbonyl (C=O) groups is 2. The van der Waals surface area contributed by atoms with Crippen LogP contribution in [0.3, 0.4) is 0 Å². The molecular weight excluding hydrogens is 528 g/mol. The van der Waals surface area contributed by atoms with Crippen molar-refractivity contribution in [2.45, 2.75) is 62.9 Å². The first-order valence-electron chi connectivity index (χ1n) is 14.5. The van der Waals surface area contributed by atoms with Crippen LogP contribution in [0.4, 0.5) is 24.1 Å². The molecule has 10 heteroatoms. The maximum absolute atomic E-state index is 13.8. The van der Waals surface area contributed by atoms with Gasteiger partial charge in [0.05, 0.1) is 18.2 Å². The van der Waals surface area contributed by atoms with Crippen molar-refractivity contribution in [3.05, 3.63) is 65.2 Å². The van der Waals surface area contributed by atoms with E-state index in [1.54, 1.807) is 6.92 Å². The van der Waals surface area contributed by atoms with Gasteiger partial charge in [0.1, 0.15) is 0 Å². The standard InChI is InChI=1S/C31H37F2N5O3/c1-2-41-30(40)36-25-10-14-37(20-25)12-4-13-38(29(39)35-24-7-8-27(32)28(33)17-24)26-9-11-31(18-23(31)16-26)22-6-3-5-21(15-22)19-34/h3,5-8,15,17,23,25-26H,2,4,9-14,16,18,20H2,1H3,(H,35,39)(H,36,40)/t23?,25?,26?,31-/m0/s1. The van der Waals surface area contributed by atoms with Gasteiger partial charge in [-0.15, -0.1) is 0 Å². The van der Waals surface area contributed by atoms with Gasteiger partial charge >= 0.3 is 12.1 Å². The van der Waals surface area contributed by atoms with Gasteiger partial charge in [-0.1, -0.05) is 12.1 Å². The zero-order valence-corrected chi connectivity index (χ0v) is 23.4. The summed E-state index contributed by atoms with van der Waals surface area (Å²) < 4.78 is 32.3. The predicted octanol–water partition coefficient (Wildman–Crippen LogP) is 5.39. The first-order chi connectivity index (χ1) is 19.8. The van der Waals surface area contributed by atoms with E-state index in [4.69, 9.17) is 4.74 Å². The molecule has 2 N–H and O–H groups in total. The molecule has 3 fully saturated rings. The summed E-state index contributed by atoms with van der Waals surface area (Å²) in [6.07, 6.45) is 4.85. The Hall–Kier alpha value is -3.71. The fourth-order valence-electron chi connectivity index (χ4n) is 6.72. The number of hydrogen-bond acceptors (Lipinski definition) is 5. The lowest BCUT2D eigenvalue weighted by molar-refractivity contribution is 0.147. The number of carbonyl (C=O) groups excluding carboxylic acids is 2. The number of ether oxygens (including phenoxy) is 1. The summed E-state index contributed by atoms with van der Waals surface area (Å²) in [5.74, 6) is -1.53. The Morgan fingerprint density at radius 3 is 2.80 bits per heavy atom. The highest BCUT2D eigenvalue weighted by molar-refractivity contribution is 5.89. The summed E-state index contributed by atoms with van der Waals surface area (Å²) >= 11 is 0. The lowest BCUT2D eigenvalue weighted by atomic mass is 9.80. The number of anilines is 1. The Kier molecular flexibility index (Phi) is 8.74. The van der Waals surface area contributed by atoms with Crippen molar-refractivity contribution in [3.63, 3.8) is 0 Å². The minimum Gasteiger partial charge on any atom is -0.450 e. The minimum atomic E-state index is -1.01. The number of amides is 3. The molecule has 2 saturated carbocycles. The van der Waals surface area contributed by atoms with E-state index in [2.05, 4.69) is 27.7 Å². The first kappa shape index (κ1) is 28.8. The summed E-state index contributed by atoms with van der Waals surface area (Å²) in [5.41, 5.74) is 2.16. The molecular formula is C31H37F2N5O3. The molecule has 3 amide bonds. The van der Waals surface area contributed by atoms with Gasteiger partial charge in [-0.25, -0.2) is 18.4 Å². The third-order valence-corrected chi connectivity index (χ3v) is 8.89. The summed E-state index contributed by atoms with van der Waals surface area (Å²) in [6.45, 7) is 4.99. The average Bonchev–Trinajstić information content (AvgIpc) is 3.55. The van der Waals surface area contributed by atoms with E-state index in [0.717, 1.165) is 70.3 Å². The maximum Gasteiger partial charge on any atom is 0.407 e. The Morgan fingerprint density at radius 2 is 2.05 bits per heavy atom. The Labute approximate surface area is 239 Å². The molecule has 0 aromatic heterocycles. The second-order valence-corrected chi connectivity index (χ2v) is 11.4. The highest BCUT2D eigenvalue weighted by atomic mass is 19.2. The van der Waals surface area contributed by atoms with E-state index in [1.807, 2.05) is 23.1 Å². The number of alkyl carbamates (subject to hydrolysis) is 1. The van der Waals surface area contributed by atoms with Crippen molar-refractivity contribution in [1.29, 1.82) is 5.26 Å². The third kappa shape index (κ3) is 6.62. The number of likely N-dealkylation sites (tertiary alicyclic amines) is 1. The largest absolute Gasteiger partial charge is 0.450 e. The third-order valence-electron chi connectivity index (χ3n) is 8.89. The minimum absolute atomic E-state index is 0.0249. The molecule has 3 aliphatic rings. The molecule has 1 saturated heterocycles. The van der Waals surface area contributed by atoms with Crippen LogP contribution in [0.5, 0.6) is 0 Å². The molecule has 3 unspecified atom stereocenters. The van der Waals surface area contributed by atoms with Crippen LogP contribution in [0, 0.1) is 28.9 Å². The fourth-order valence-corrected chi connectivity index (χ4v) is 6.72. The van der Waals surface area contributed by atoms with E-state index in [9.17, 15) is 23.6 Å². The van der Waals surface area contributed by atoms with E-state index >= 15 is 0 Å². The number of rotatable bonds is 9. The van der Waals surface area contributed by atoms with E-state index in [-0.39, 0.29) is 29.2 Å². The topological polar surface area (TPSA) is 97.7 Å². The second-order valence-electron chi connectivity index (χ2n) is 11.4. The molecule has 2 aliphatic carbocycles. The van der Waals surface area contributed by atoms with Crippen LogP contribution in [0.25, 0.3) is 0 Å². The lowest BCUT2D eigenvalue weighted by Gasteiger charge is -2.37. The van der Waals surface area contributed by atoms with Crippen LogP contribution in [0.2, 0.25) is 0 Å². The first-order valence-corrected chi connectivity index (χ1v) is 14.5. The molecule has 218 valence electrons. The number of urea groups is 1. The number of benzene rings is 2. The molecule has 41 heavy (non-hydrogen) atoms. The molecule has 8 nitrogen and oxygen atoms in total. The normalized spacial score (nSPS) is 25.1. The summed E-state index contributed by atoms with van der Waals surface area (Å²) in [6, 6.07) is 13.2. The van der Waals surface area contributed by atoms with Crippen LogP contribution < -0.4 is 10.6 Å². The van der Waals surface area contributed by atoms with Crippen molar-refractivity contribution >= 4 is 17.8 Å².